The highest BCUT2D eigenvalue weighted by Gasteiger charge is 2.02. The number of benzene rings is 1. The standard InChI is InChI=1S/C10H10ClNO2/c1-8(11)14-10(13)12-7-9-5-3-2-4-6-9/h2-8H,1H3. The lowest BCUT2D eigenvalue weighted by molar-refractivity contribution is 0.150. The summed E-state index contributed by atoms with van der Waals surface area (Å²) in [6.45, 7) is 1.55. The molecule has 0 N–H and O–H groups in total. The maximum Gasteiger partial charge on any atom is 0.435 e. The van der Waals surface area contributed by atoms with Crippen LogP contribution in [0.3, 0.4) is 0 Å². The topological polar surface area (TPSA) is 38.7 Å². The SMILES string of the molecule is CC(Cl)OC(=O)N=Cc1ccccc1. The van der Waals surface area contributed by atoms with E-state index in [4.69, 9.17) is 11.6 Å². The summed E-state index contributed by atoms with van der Waals surface area (Å²) in [5.41, 5.74) is 0.182. The molecule has 1 unspecified atom stereocenters. The van der Waals surface area contributed by atoms with Gasteiger partial charge in [0.1, 0.15) is 0 Å². The summed E-state index contributed by atoms with van der Waals surface area (Å²) in [7, 11) is 0. The molecule has 0 bridgehead atoms. The fraction of sp³-hybridized carbons (Fsp3) is 0.200. The van der Waals surface area contributed by atoms with Gasteiger partial charge in [-0.25, -0.2) is 4.79 Å². The Morgan fingerprint density at radius 1 is 1.50 bits per heavy atom. The fourth-order valence-corrected chi connectivity index (χ4v) is 0.912. The average Bonchev–Trinajstić information content (AvgIpc) is 2.15. The molecule has 74 valence electrons. The van der Waals surface area contributed by atoms with Crippen molar-refractivity contribution in [3.05, 3.63) is 35.9 Å². The Morgan fingerprint density at radius 2 is 2.14 bits per heavy atom. The summed E-state index contributed by atoms with van der Waals surface area (Å²) >= 11 is 5.44. The lowest BCUT2D eigenvalue weighted by Crippen LogP contribution is -2.05. The first-order valence-electron chi connectivity index (χ1n) is 4.12. The van der Waals surface area contributed by atoms with Gasteiger partial charge in [-0.3, -0.25) is 0 Å². The van der Waals surface area contributed by atoms with Crippen molar-refractivity contribution in [2.75, 3.05) is 0 Å². The third kappa shape index (κ3) is 4.05. The molecule has 1 atom stereocenters. The van der Waals surface area contributed by atoms with Crippen LogP contribution in [0.25, 0.3) is 0 Å². The van der Waals surface area contributed by atoms with E-state index in [1.54, 1.807) is 6.92 Å². The van der Waals surface area contributed by atoms with Crippen molar-refractivity contribution in [1.82, 2.24) is 0 Å². The van der Waals surface area contributed by atoms with E-state index in [9.17, 15) is 4.79 Å². The summed E-state index contributed by atoms with van der Waals surface area (Å²) in [5.74, 6) is 0. The van der Waals surface area contributed by atoms with Crippen molar-refractivity contribution in [2.24, 2.45) is 4.99 Å². The van der Waals surface area contributed by atoms with Gasteiger partial charge in [-0.1, -0.05) is 41.9 Å². The van der Waals surface area contributed by atoms with Crippen LogP contribution in [-0.2, 0) is 4.74 Å². The molecule has 3 nitrogen and oxygen atoms in total. The number of halogens is 1. The van der Waals surface area contributed by atoms with Gasteiger partial charge >= 0.3 is 6.09 Å². The van der Waals surface area contributed by atoms with Crippen LogP contribution in [0.4, 0.5) is 4.79 Å². The number of carbonyl (C=O) groups excluding carboxylic acids is 1. The summed E-state index contributed by atoms with van der Waals surface area (Å²) in [6, 6.07) is 9.27. The fourth-order valence-electron chi connectivity index (χ4n) is 0.836. The minimum Gasteiger partial charge on any atom is -0.429 e. The van der Waals surface area contributed by atoms with Crippen LogP contribution in [0, 0.1) is 0 Å². The molecule has 0 heterocycles. The van der Waals surface area contributed by atoms with Crippen LogP contribution < -0.4 is 0 Å². The Bertz CT molecular complexity index is 322. The van der Waals surface area contributed by atoms with Crippen LogP contribution in [0.15, 0.2) is 35.3 Å². The summed E-state index contributed by atoms with van der Waals surface area (Å²) in [5, 5.41) is 0. The summed E-state index contributed by atoms with van der Waals surface area (Å²) < 4.78 is 4.60. The van der Waals surface area contributed by atoms with Crippen LogP contribution in [0.1, 0.15) is 12.5 Å². The van der Waals surface area contributed by atoms with Crippen molar-refractivity contribution < 1.29 is 9.53 Å². The van der Waals surface area contributed by atoms with Crippen LogP contribution in [0.5, 0.6) is 0 Å². The lowest BCUT2D eigenvalue weighted by Gasteiger charge is -2.00. The first-order valence-corrected chi connectivity index (χ1v) is 4.56. The molecule has 1 amide bonds. The molecule has 14 heavy (non-hydrogen) atoms. The largest absolute Gasteiger partial charge is 0.435 e. The normalized spacial score (nSPS) is 12.7. The molecule has 0 aliphatic carbocycles. The average molecular weight is 212 g/mol. The molecular formula is C10H10ClNO2. The Balaban J connectivity index is 2.52. The van der Waals surface area contributed by atoms with E-state index in [1.165, 1.54) is 6.21 Å². The van der Waals surface area contributed by atoms with Gasteiger partial charge in [-0.15, -0.1) is 0 Å². The molecule has 0 saturated heterocycles. The van der Waals surface area contributed by atoms with Gasteiger partial charge in [0.25, 0.3) is 0 Å². The number of hydrogen-bond donors (Lipinski definition) is 0. The first kappa shape index (κ1) is 10.7. The molecule has 0 fully saturated rings. The number of ether oxygens (including phenoxy) is 1. The highest BCUT2D eigenvalue weighted by Crippen LogP contribution is 1.99. The molecule has 0 radical (unpaired) electrons. The number of hydrogen-bond acceptors (Lipinski definition) is 2. The number of rotatable bonds is 2. The van der Waals surface area contributed by atoms with Gasteiger partial charge in [0.2, 0.25) is 0 Å². The predicted octanol–water partition coefficient (Wildman–Crippen LogP) is 2.83. The van der Waals surface area contributed by atoms with Crippen molar-refractivity contribution >= 4 is 23.9 Å². The van der Waals surface area contributed by atoms with E-state index in [0.29, 0.717) is 0 Å². The van der Waals surface area contributed by atoms with E-state index in [-0.39, 0.29) is 0 Å². The Labute approximate surface area is 87.4 Å². The number of aliphatic imine (C=N–C) groups is 1. The second kappa shape index (κ2) is 5.40. The third-order valence-corrected chi connectivity index (χ3v) is 1.47. The van der Waals surface area contributed by atoms with Crippen molar-refractivity contribution in [2.45, 2.75) is 12.5 Å². The third-order valence-electron chi connectivity index (χ3n) is 1.38. The van der Waals surface area contributed by atoms with Crippen LogP contribution in [0.2, 0.25) is 0 Å². The molecule has 0 spiro atoms. The second-order valence-corrected chi connectivity index (χ2v) is 3.21. The molecule has 1 aromatic carbocycles. The molecule has 0 saturated carbocycles. The predicted molar refractivity (Wildman–Crippen MR) is 55.8 cm³/mol. The van der Waals surface area contributed by atoms with E-state index in [1.807, 2.05) is 30.3 Å². The van der Waals surface area contributed by atoms with Crippen LogP contribution >= 0.6 is 11.6 Å². The zero-order valence-corrected chi connectivity index (χ0v) is 8.44. The van der Waals surface area contributed by atoms with Crippen molar-refractivity contribution in [3.8, 4) is 0 Å². The van der Waals surface area contributed by atoms with Gasteiger partial charge in [-0.05, 0) is 12.5 Å². The lowest BCUT2D eigenvalue weighted by atomic mass is 10.2. The van der Waals surface area contributed by atoms with Gasteiger partial charge < -0.3 is 4.74 Å². The van der Waals surface area contributed by atoms with Crippen LogP contribution in [-0.4, -0.2) is 17.9 Å². The Morgan fingerprint density at radius 3 is 2.71 bits per heavy atom. The molecule has 0 aliphatic heterocycles. The monoisotopic (exact) mass is 211 g/mol. The second-order valence-electron chi connectivity index (χ2n) is 2.60. The van der Waals surface area contributed by atoms with Gasteiger partial charge in [-0.2, -0.15) is 4.99 Å². The summed E-state index contributed by atoms with van der Waals surface area (Å²) in [6.07, 6.45) is 0.748. The Kier molecular flexibility index (Phi) is 4.13. The number of alkyl halides is 1. The quantitative estimate of drug-likeness (QED) is 0.557. The van der Waals surface area contributed by atoms with Crippen molar-refractivity contribution in [3.63, 3.8) is 0 Å². The van der Waals surface area contributed by atoms with E-state index in [2.05, 4.69) is 9.73 Å². The minimum atomic E-state index is -0.684. The maximum atomic E-state index is 10.9. The van der Waals surface area contributed by atoms with E-state index < -0.39 is 11.7 Å². The Hall–Kier alpha value is -1.35. The molecule has 4 heteroatoms. The van der Waals surface area contributed by atoms with Gasteiger partial charge in [0.15, 0.2) is 5.56 Å². The highest BCUT2D eigenvalue weighted by molar-refractivity contribution is 6.20. The number of carbonyl (C=O) groups is 1. The summed E-state index contributed by atoms with van der Waals surface area (Å²) in [4.78, 5) is 14.5. The molecule has 1 rings (SSSR count). The minimum absolute atomic E-state index is 0.657. The van der Waals surface area contributed by atoms with E-state index >= 15 is 0 Å². The van der Waals surface area contributed by atoms with E-state index in [0.717, 1.165) is 5.56 Å². The molecule has 1 aromatic rings. The number of nitrogens with zero attached hydrogens (tertiary/aromatic N) is 1. The zero-order chi connectivity index (χ0) is 10.4. The van der Waals surface area contributed by atoms with Gasteiger partial charge in [0.05, 0.1) is 0 Å². The van der Waals surface area contributed by atoms with Crippen molar-refractivity contribution in [1.29, 1.82) is 0 Å². The first-order chi connectivity index (χ1) is 6.68. The highest BCUT2D eigenvalue weighted by atomic mass is 35.5. The molecule has 0 aromatic heterocycles. The zero-order valence-electron chi connectivity index (χ0n) is 7.68. The number of amides is 1. The molecular weight excluding hydrogens is 202 g/mol. The maximum absolute atomic E-state index is 10.9. The smallest absolute Gasteiger partial charge is 0.429 e. The van der Waals surface area contributed by atoms with Gasteiger partial charge in [0, 0.05) is 6.21 Å². The molecule has 0 aliphatic rings.